The van der Waals surface area contributed by atoms with Gasteiger partial charge in [0.15, 0.2) is 0 Å². The van der Waals surface area contributed by atoms with Crippen LogP contribution in [0.3, 0.4) is 0 Å². The van der Waals surface area contributed by atoms with Crippen molar-refractivity contribution in [1.29, 1.82) is 21.0 Å². The predicted octanol–water partition coefficient (Wildman–Crippen LogP) is -1.16. The number of nitriles is 4. The van der Waals surface area contributed by atoms with E-state index in [9.17, 15) is 4.79 Å². The van der Waals surface area contributed by atoms with E-state index in [-0.39, 0.29) is 56.9 Å². The number of carbonyl (C=O) groups excluding carboxylic acids is 1. The molecule has 0 atom stereocenters. The predicted molar refractivity (Wildman–Crippen MR) is 63.5 cm³/mol. The quantitative estimate of drug-likeness (QED) is 0.228. The van der Waals surface area contributed by atoms with Crippen molar-refractivity contribution in [3.05, 3.63) is 53.0 Å². The van der Waals surface area contributed by atoms with Crippen LogP contribution in [0.1, 0.15) is 10.4 Å². The molecule has 20 heavy (non-hydrogen) atoms. The summed E-state index contributed by atoms with van der Waals surface area (Å²) in [6.07, 6.45) is 0. The molecular formula is C14H5KN4O. The first kappa shape index (κ1) is 18.1. The molecule has 0 radical (unpaired) electrons. The topological polar surface area (TPSA) is 112 Å². The number of carbonyl (C=O) groups is 1. The molecule has 6 heteroatoms. The van der Waals surface area contributed by atoms with Crippen LogP contribution in [0.5, 0.6) is 0 Å². The molecule has 1 rings (SSSR count). The Labute approximate surface area is 158 Å². The molecule has 0 aliphatic carbocycles. The van der Waals surface area contributed by atoms with E-state index in [4.69, 9.17) is 21.0 Å². The minimum absolute atomic E-state index is 0. The van der Waals surface area contributed by atoms with E-state index in [1.54, 1.807) is 18.2 Å². The Morgan fingerprint density at radius 1 is 0.950 bits per heavy atom. The van der Waals surface area contributed by atoms with Gasteiger partial charge in [-0.15, -0.1) is 0 Å². The van der Waals surface area contributed by atoms with Crippen molar-refractivity contribution < 1.29 is 56.2 Å². The normalized spacial score (nSPS) is 7.60. The van der Waals surface area contributed by atoms with Crippen LogP contribution in [-0.2, 0) is 0 Å². The molecule has 0 aromatic heterocycles. The van der Waals surface area contributed by atoms with Gasteiger partial charge in [0.25, 0.3) is 0 Å². The Balaban J connectivity index is 0.00000361. The van der Waals surface area contributed by atoms with Crippen molar-refractivity contribution in [3.63, 3.8) is 0 Å². The summed E-state index contributed by atoms with van der Waals surface area (Å²) in [6.45, 7) is 0. The van der Waals surface area contributed by atoms with Crippen LogP contribution in [0.2, 0.25) is 0 Å². The minimum atomic E-state index is -0.697. The van der Waals surface area contributed by atoms with Gasteiger partial charge < -0.3 is 4.79 Å². The van der Waals surface area contributed by atoms with Crippen LogP contribution >= 0.6 is 0 Å². The molecule has 0 aliphatic rings. The maximum absolute atomic E-state index is 12.2. The third kappa shape index (κ3) is 4.05. The molecule has 1 aromatic carbocycles. The van der Waals surface area contributed by atoms with E-state index in [0.29, 0.717) is 0 Å². The van der Waals surface area contributed by atoms with Crippen LogP contribution < -0.4 is 51.4 Å². The Morgan fingerprint density at radius 3 is 1.85 bits per heavy atom. The van der Waals surface area contributed by atoms with Gasteiger partial charge in [-0.3, -0.25) is 0 Å². The number of allylic oxidation sites excluding steroid dienone is 2. The van der Waals surface area contributed by atoms with E-state index < -0.39 is 22.8 Å². The summed E-state index contributed by atoms with van der Waals surface area (Å²) >= 11 is 0. The summed E-state index contributed by atoms with van der Waals surface area (Å²) in [5.74, 6) is -1.25. The van der Waals surface area contributed by atoms with E-state index in [2.05, 4.69) is 0 Å². The van der Waals surface area contributed by atoms with Crippen molar-refractivity contribution in [2.24, 2.45) is 0 Å². The van der Waals surface area contributed by atoms with Gasteiger partial charge in [-0.05, 0) is 5.56 Å². The van der Waals surface area contributed by atoms with Gasteiger partial charge in [0, 0.05) is 35.8 Å². The third-order valence-corrected chi connectivity index (χ3v) is 2.21. The summed E-state index contributed by atoms with van der Waals surface area (Å²) in [5, 5.41) is 35.3. The van der Waals surface area contributed by atoms with E-state index in [1.807, 2.05) is 0 Å². The molecule has 0 amide bonds. The van der Waals surface area contributed by atoms with Crippen LogP contribution in [0.4, 0.5) is 0 Å². The standard InChI is InChI=1S/C14H5N4O.K/c15-6-11(7-16)13(12(8-17)9-18)14(19)10-4-2-1-3-5-10;/h1-5H;/q-1;+1. The SMILES string of the molecule is N#CC(C#N)=C(C(=O)c1ccccc1)[C-](C#N)C#N.[K+]. The molecule has 0 heterocycles. The molecule has 0 saturated carbocycles. The fourth-order valence-corrected chi connectivity index (χ4v) is 1.36. The summed E-state index contributed by atoms with van der Waals surface area (Å²) in [6, 6.07) is 13.9. The van der Waals surface area contributed by atoms with E-state index in [0.717, 1.165) is 0 Å². The number of hydrogen-bond acceptors (Lipinski definition) is 5. The summed E-state index contributed by atoms with van der Waals surface area (Å²) in [5.41, 5.74) is -0.809. The Bertz CT molecular complexity index is 666. The zero-order valence-corrected chi connectivity index (χ0v) is 13.7. The monoisotopic (exact) mass is 284 g/mol. The van der Waals surface area contributed by atoms with Gasteiger partial charge in [0.2, 0.25) is 0 Å². The second-order valence-corrected chi connectivity index (χ2v) is 3.27. The van der Waals surface area contributed by atoms with Gasteiger partial charge in [-0.25, -0.2) is 21.0 Å². The molecule has 0 spiro atoms. The van der Waals surface area contributed by atoms with Gasteiger partial charge in [0.05, 0.1) is 5.78 Å². The van der Waals surface area contributed by atoms with Crippen LogP contribution in [0.15, 0.2) is 41.5 Å². The Morgan fingerprint density at radius 2 is 1.45 bits per heavy atom. The molecule has 0 N–H and O–H groups in total. The Kier molecular flexibility index (Phi) is 8.21. The zero-order chi connectivity index (χ0) is 14.3. The van der Waals surface area contributed by atoms with Crippen LogP contribution in [0.25, 0.3) is 0 Å². The number of hydrogen-bond donors (Lipinski definition) is 0. The van der Waals surface area contributed by atoms with Crippen LogP contribution in [0, 0.1) is 51.2 Å². The fourth-order valence-electron chi connectivity index (χ4n) is 1.36. The number of Topliss-reactive ketones (excluding diaryl/α,β-unsaturated/α-hetero) is 1. The first-order valence-electron chi connectivity index (χ1n) is 5.01. The number of benzene rings is 1. The van der Waals surface area contributed by atoms with Gasteiger partial charge in [-0.2, -0.15) is 0 Å². The molecule has 0 unspecified atom stereocenters. The average molecular weight is 284 g/mol. The molecule has 88 valence electrons. The van der Waals surface area contributed by atoms with Crippen molar-refractivity contribution >= 4 is 5.78 Å². The first-order chi connectivity index (χ1) is 9.19. The average Bonchev–Trinajstić information content (AvgIpc) is 2.48. The summed E-state index contributed by atoms with van der Waals surface area (Å²) in [7, 11) is 0. The Hall–Kier alpha value is -1.90. The molecule has 0 saturated heterocycles. The smallest absolute Gasteiger partial charge is 0.365 e. The fraction of sp³-hybridized carbons (Fsp3) is 0. The van der Waals surface area contributed by atoms with Gasteiger partial charge >= 0.3 is 51.4 Å². The number of rotatable bonds is 3. The molecule has 1 aromatic rings. The third-order valence-electron chi connectivity index (χ3n) is 2.21. The maximum Gasteiger partial charge on any atom is 1.00 e. The second kappa shape index (κ2) is 9.07. The van der Waals surface area contributed by atoms with Crippen LogP contribution in [-0.4, -0.2) is 5.78 Å². The van der Waals surface area contributed by atoms with E-state index >= 15 is 0 Å². The first-order valence-corrected chi connectivity index (χ1v) is 5.01. The zero-order valence-electron chi connectivity index (χ0n) is 10.6. The van der Waals surface area contributed by atoms with Gasteiger partial charge in [0.1, 0.15) is 0 Å². The molecule has 0 fully saturated rings. The minimum Gasteiger partial charge on any atom is -0.365 e. The summed E-state index contributed by atoms with van der Waals surface area (Å²) < 4.78 is 0. The molecule has 0 aliphatic heterocycles. The van der Waals surface area contributed by atoms with Gasteiger partial charge in [-0.1, -0.05) is 35.9 Å². The number of nitrogens with zero attached hydrogens (tertiary/aromatic N) is 4. The van der Waals surface area contributed by atoms with Crippen molar-refractivity contribution in [2.75, 3.05) is 0 Å². The molecule has 5 nitrogen and oxygen atoms in total. The maximum atomic E-state index is 12.2. The summed E-state index contributed by atoms with van der Waals surface area (Å²) in [4.78, 5) is 12.2. The van der Waals surface area contributed by atoms with Crippen molar-refractivity contribution in [2.45, 2.75) is 0 Å². The largest absolute Gasteiger partial charge is 1.00 e. The van der Waals surface area contributed by atoms with E-state index in [1.165, 1.54) is 36.4 Å². The molecular weight excluding hydrogens is 279 g/mol. The number of ketones is 1. The second-order valence-electron chi connectivity index (χ2n) is 3.27. The van der Waals surface area contributed by atoms with Crippen molar-refractivity contribution in [1.82, 2.24) is 0 Å². The molecule has 0 bridgehead atoms. The van der Waals surface area contributed by atoms with Crippen molar-refractivity contribution in [3.8, 4) is 24.3 Å².